The first-order valence-corrected chi connectivity index (χ1v) is 7.31. The molecule has 2 aliphatic rings. The maximum absolute atomic E-state index is 12.9. The molecule has 2 N–H and O–H groups in total. The molecule has 104 valence electrons. The fourth-order valence-electron chi connectivity index (χ4n) is 3.88. The standard InChI is InChI=1S/C16H18N2O2/c19-13-8-11-4-5-12(9-13)18(11)16(20)14-3-1-2-10-6-7-17-15(10)14/h1-3,6-7,11-13,17,19H,4-5,8-9H2. The highest BCUT2D eigenvalue weighted by Crippen LogP contribution is 2.37. The molecule has 2 aliphatic heterocycles. The number of aromatic amines is 1. The molecule has 0 saturated carbocycles. The topological polar surface area (TPSA) is 56.3 Å². The highest BCUT2D eigenvalue weighted by atomic mass is 16.3. The number of para-hydroxylation sites is 1. The van der Waals surface area contributed by atoms with Gasteiger partial charge >= 0.3 is 0 Å². The average molecular weight is 270 g/mol. The lowest BCUT2D eigenvalue weighted by Crippen LogP contribution is -2.48. The molecular formula is C16H18N2O2. The first-order chi connectivity index (χ1) is 9.74. The molecule has 1 amide bonds. The number of aliphatic hydroxyl groups excluding tert-OH is 1. The van der Waals surface area contributed by atoms with Crippen LogP contribution >= 0.6 is 0 Å². The van der Waals surface area contributed by atoms with Crippen LogP contribution in [0.25, 0.3) is 10.9 Å². The largest absolute Gasteiger partial charge is 0.393 e. The number of nitrogens with zero attached hydrogens (tertiary/aromatic N) is 1. The van der Waals surface area contributed by atoms with Crippen molar-refractivity contribution in [2.45, 2.75) is 43.9 Å². The number of aromatic nitrogens is 1. The molecule has 3 heterocycles. The minimum atomic E-state index is -0.238. The van der Waals surface area contributed by atoms with E-state index in [4.69, 9.17) is 0 Å². The summed E-state index contributed by atoms with van der Waals surface area (Å²) >= 11 is 0. The third-order valence-corrected chi connectivity index (χ3v) is 4.76. The highest BCUT2D eigenvalue weighted by molar-refractivity contribution is 6.06. The number of fused-ring (bicyclic) bond motifs is 3. The van der Waals surface area contributed by atoms with E-state index in [1.54, 1.807) is 0 Å². The van der Waals surface area contributed by atoms with Crippen LogP contribution in [0, 0.1) is 0 Å². The van der Waals surface area contributed by atoms with Gasteiger partial charge in [0.25, 0.3) is 5.91 Å². The van der Waals surface area contributed by atoms with Gasteiger partial charge < -0.3 is 15.0 Å². The number of rotatable bonds is 1. The van der Waals surface area contributed by atoms with Crippen LogP contribution in [0.5, 0.6) is 0 Å². The zero-order valence-corrected chi connectivity index (χ0v) is 11.2. The molecule has 2 fully saturated rings. The van der Waals surface area contributed by atoms with E-state index in [2.05, 4.69) is 4.98 Å². The first kappa shape index (κ1) is 12.0. The summed E-state index contributed by atoms with van der Waals surface area (Å²) in [5.41, 5.74) is 1.67. The third kappa shape index (κ3) is 1.68. The summed E-state index contributed by atoms with van der Waals surface area (Å²) in [5, 5.41) is 10.9. The van der Waals surface area contributed by atoms with Crippen LogP contribution in [0.2, 0.25) is 0 Å². The maximum atomic E-state index is 12.9. The van der Waals surface area contributed by atoms with Gasteiger partial charge in [0.15, 0.2) is 0 Å². The lowest BCUT2D eigenvalue weighted by atomic mass is 9.98. The zero-order chi connectivity index (χ0) is 13.7. The van der Waals surface area contributed by atoms with Gasteiger partial charge in [-0.2, -0.15) is 0 Å². The van der Waals surface area contributed by atoms with E-state index in [0.717, 1.165) is 42.1 Å². The van der Waals surface area contributed by atoms with Crippen molar-refractivity contribution in [3.63, 3.8) is 0 Å². The van der Waals surface area contributed by atoms with Crippen molar-refractivity contribution in [1.29, 1.82) is 0 Å². The first-order valence-electron chi connectivity index (χ1n) is 7.31. The number of benzene rings is 1. The summed E-state index contributed by atoms with van der Waals surface area (Å²) in [4.78, 5) is 18.1. The van der Waals surface area contributed by atoms with Gasteiger partial charge in [0.1, 0.15) is 0 Å². The minimum absolute atomic E-state index is 0.109. The molecule has 0 aliphatic carbocycles. The quantitative estimate of drug-likeness (QED) is 0.835. The number of hydrogen-bond donors (Lipinski definition) is 2. The van der Waals surface area contributed by atoms with Crippen LogP contribution in [0.15, 0.2) is 30.5 Å². The van der Waals surface area contributed by atoms with Crippen LogP contribution < -0.4 is 0 Å². The van der Waals surface area contributed by atoms with Crippen molar-refractivity contribution in [1.82, 2.24) is 9.88 Å². The van der Waals surface area contributed by atoms with E-state index in [9.17, 15) is 9.90 Å². The average Bonchev–Trinajstić information content (AvgIpc) is 3.01. The minimum Gasteiger partial charge on any atom is -0.393 e. The summed E-state index contributed by atoms with van der Waals surface area (Å²) < 4.78 is 0. The van der Waals surface area contributed by atoms with Gasteiger partial charge in [-0.3, -0.25) is 4.79 Å². The molecule has 20 heavy (non-hydrogen) atoms. The van der Waals surface area contributed by atoms with Crippen LogP contribution in [-0.4, -0.2) is 39.1 Å². The number of piperidine rings is 1. The Hall–Kier alpha value is -1.81. The van der Waals surface area contributed by atoms with E-state index in [1.165, 1.54) is 0 Å². The lowest BCUT2D eigenvalue weighted by molar-refractivity contribution is 0.0288. The molecule has 4 heteroatoms. The van der Waals surface area contributed by atoms with Crippen molar-refractivity contribution in [2.24, 2.45) is 0 Å². The fraction of sp³-hybridized carbons (Fsp3) is 0.438. The van der Waals surface area contributed by atoms with E-state index in [1.807, 2.05) is 35.4 Å². The van der Waals surface area contributed by atoms with Gasteiger partial charge in [-0.15, -0.1) is 0 Å². The van der Waals surface area contributed by atoms with Crippen molar-refractivity contribution in [2.75, 3.05) is 0 Å². The Morgan fingerprint density at radius 1 is 1.20 bits per heavy atom. The molecule has 2 bridgehead atoms. The van der Waals surface area contributed by atoms with Gasteiger partial charge in [0, 0.05) is 23.7 Å². The second-order valence-corrected chi connectivity index (χ2v) is 5.97. The molecule has 2 saturated heterocycles. The summed E-state index contributed by atoms with van der Waals surface area (Å²) in [7, 11) is 0. The molecule has 2 aromatic rings. The van der Waals surface area contributed by atoms with Crippen LogP contribution in [0.4, 0.5) is 0 Å². The summed E-state index contributed by atoms with van der Waals surface area (Å²) in [6, 6.07) is 8.25. The summed E-state index contributed by atoms with van der Waals surface area (Å²) in [6.07, 6.45) is 5.13. The molecule has 4 rings (SSSR count). The monoisotopic (exact) mass is 270 g/mol. The van der Waals surface area contributed by atoms with Crippen molar-refractivity contribution < 1.29 is 9.90 Å². The number of carbonyl (C=O) groups excluding carboxylic acids is 1. The van der Waals surface area contributed by atoms with Gasteiger partial charge in [0.05, 0.1) is 17.2 Å². The fourth-order valence-corrected chi connectivity index (χ4v) is 3.88. The molecule has 2 atom stereocenters. The summed E-state index contributed by atoms with van der Waals surface area (Å²) in [5.74, 6) is 0.109. The van der Waals surface area contributed by atoms with Gasteiger partial charge in [-0.05, 0) is 37.8 Å². The molecule has 0 radical (unpaired) electrons. The molecular weight excluding hydrogens is 252 g/mol. The van der Waals surface area contributed by atoms with E-state index >= 15 is 0 Å². The van der Waals surface area contributed by atoms with E-state index < -0.39 is 0 Å². The van der Waals surface area contributed by atoms with Crippen molar-refractivity contribution in [3.05, 3.63) is 36.0 Å². The molecule has 4 nitrogen and oxygen atoms in total. The predicted molar refractivity (Wildman–Crippen MR) is 76.5 cm³/mol. The second kappa shape index (κ2) is 4.35. The van der Waals surface area contributed by atoms with Crippen molar-refractivity contribution >= 4 is 16.8 Å². The summed E-state index contributed by atoms with van der Waals surface area (Å²) in [6.45, 7) is 0. The molecule has 1 aromatic carbocycles. The number of nitrogens with one attached hydrogen (secondary N) is 1. The van der Waals surface area contributed by atoms with Crippen LogP contribution in [-0.2, 0) is 0 Å². The van der Waals surface area contributed by atoms with Gasteiger partial charge in [-0.25, -0.2) is 0 Å². The number of hydrogen-bond acceptors (Lipinski definition) is 2. The van der Waals surface area contributed by atoms with E-state index in [-0.39, 0.29) is 24.1 Å². The van der Waals surface area contributed by atoms with Gasteiger partial charge in [0.2, 0.25) is 0 Å². The number of amides is 1. The Balaban J connectivity index is 1.73. The zero-order valence-electron chi connectivity index (χ0n) is 11.2. The normalized spacial score (nSPS) is 29.1. The SMILES string of the molecule is O=C(c1cccc2cc[nH]c12)N1C2CCC1CC(O)C2. The molecule has 0 spiro atoms. The molecule has 1 aromatic heterocycles. The Bertz CT molecular complexity index is 649. The van der Waals surface area contributed by atoms with E-state index in [0.29, 0.717) is 0 Å². The number of aliphatic hydroxyl groups is 1. The van der Waals surface area contributed by atoms with Crippen molar-refractivity contribution in [3.8, 4) is 0 Å². The lowest BCUT2D eigenvalue weighted by Gasteiger charge is -2.37. The number of H-pyrrole nitrogens is 1. The maximum Gasteiger partial charge on any atom is 0.256 e. The Labute approximate surface area is 117 Å². The Morgan fingerprint density at radius 2 is 1.95 bits per heavy atom. The Kier molecular flexibility index (Phi) is 2.60. The highest BCUT2D eigenvalue weighted by Gasteiger charge is 2.43. The predicted octanol–water partition coefficient (Wildman–Crippen LogP) is 2.30. The smallest absolute Gasteiger partial charge is 0.256 e. The third-order valence-electron chi connectivity index (χ3n) is 4.76. The second-order valence-electron chi connectivity index (χ2n) is 5.97. The number of carbonyl (C=O) groups is 1. The van der Waals surface area contributed by atoms with Gasteiger partial charge in [-0.1, -0.05) is 12.1 Å². The van der Waals surface area contributed by atoms with Crippen LogP contribution in [0.3, 0.4) is 0 Å². The van der Waals surface area contributed by atoms with Crippen LogP contribution in [0.1, 0.15) is 36.0 Å². The Morgan fingerprint density at radius 3 is 2.70 bits per heavy atom. The molecule has 2 unspecified atom stereocenters.